The summed E-state index contributed by atoms with van der Waals surface area (Å²) in [6, 6.07) is 4.73. The third-order valence-electron chi connectivity index (χ3n) is 4.03. The number of hydrogen-bond donors (Lipinski definition) is 1. The molecule has 2 aromatic heterocycles. The Kier molecular flexibility index (Phi) is 3.04. The molecule has 3 heteroatoms. The predicted octanol–water partition coefficient (Wildman–Crippen LogP) is 3.84. The molecule has 2 nitrogen and oxygen atoms in total. The van der Waals surface area contributed by atoms with Gasteiger partial charge in [-0.25, -0.2) is 0 Å². The minimum Gasteiger partial charge on any atom is -0.388 e. The lowest BCUT2D eigenvalue weighted by Gasteiger charge is -2.24. The van der Waals surface area contributed by atoms with Gasteiger partial charge in [-0.05, 0) is 61.6 Å². The highest BCUT2D eigenvalue weighted by atomic mass is 32.1. The minimum absolute atomic E-state index is 0.261. The maximum Gasteiger partial charge on any atom is 0.0807 e. The van der Waals surface area contributed by atoms with Crippen molar-refractivity contribution in [2.45, 2.75) is 45.3 Å². The molecule has 0 saturated heterocycles. The molecule has 1 N–H and O–H groups in total. The van der Waals surface area contributed by atoms with Crippen molar-refractivity contribution in [3.05, 3.63) is 45.4 Å². The van der Waals surface area contributed by atoms with Crippen LogP contribution in [0.15, 0.2) is 22.9 Å². The first-order valence-electron chi connectivity index (χ1n) is 6.59. The van der Waals surface area contributed by atoms with E-state index in [4.69, 9.17) is 0 Å². The quantitative estimate of drug-likeness (QED) is 0.873. The molecule has 1 aliphatic carbocycles. The lowest BCUT2D eigenvalue weighted by molar-refractivity contribution is 0.155. The Hall–Kier alpha value is -1.06. The van der Waals surface area contributed by atoms with Crippen molar-refractivity contribution < 1.29 is 5.11 Å². The van der Waals surface area contributed by atoms with Gasteiger partial charge in [-0.15, -0.1) is 0 Å². The van der Waals surface area contributed by atoms with E-state index in [-0.39, 0.29) is 6.10 Å². The fourth-order valence-corrected chi connectivity index (χ4v) is 3.85. The standard InChI is InChI=1S/C15H19NOS/c1-10-8-13-14(4-3-5-15(13)17)16(10)11(2)12-6-7-18-9-12/h6-9,11,15,17H,3-5H2,1-2H3. The van der Waals surface area contributed by atoms with E-state index in [1.807, 2.05) is 0 Å². The van der Waals surface area contributed by atoms with Crippen LogP contribution >= 0.6 is 11.3 Å². The van der Waals surface area contributed by atoms with Crippen LogP contribution in [0.2, 0.25) is 0 Å². The van der Waals surface area contributed by atoms with Gasteiger partial charge in [0, 0.05) is 17.0 Å². The Labute approximate surface area is 112 Å². The van der Waals surface area contributed by atoms with Crippen LogP contribution in [-0.2, 0) is 6.42 Å². The molecular formula is C15H19NOS. The number of rotatable bonds is 2. The predicted molar refractivity (Wildman–Crippen MR) is 75.2 cm³/mol. The van der Waals surface area contributed by atoms with E-state index in [0.717, 1.165) is 24.8 Å². The summed E-state index contributed by atoms with van der Waals surface area (Å²) in [6.07, 6.45) is 2.83. The van der Waals surface area contributed by atoms with E-state index in [2.05, 4.69) is 41.3 Å². The third-order valence-corrected chi connectivity index (χ3v) is 4.73. The number of nitrogens with zero attached hydrogens (tertiary/aromatic N) is 1. The average molecular weight is 261 g/mol. The molecule has 18 heavy (non-hydrogen) atoms. The summed E-state index contributed by atoms with van der Waals surface area (Å²) in [6.45, 7) is 4.39. The first-order valence-corrected chi connectivity index (χ1v) is 7.53. The van der Waals surface area contributed by atoms with Crippen LogP contribution in [-0.4, -0.2) is 9.67 Å². The lowest BCUT2D eigenvalue weighted by atomic mass is 9.95. The number of hydrogen-bond acceptors (Lipinski definition) is 2. The van der Waals surface area contributed by atoms with Crippen LogP contribution in [0.1, 0.15) is 54.4 Å². The summed E-state index contributed by atoms with van der Waals surface area (Å²) in [5, 5.41) is 14.4. The second-order valence-corrected chi connectivity index (χ2v) is 5.98. The second kappa shape index (κ2) is 4.56. The maximum atomic E-state index is 10.1. The summed E-state index contributed by atoms with van der Waals surface area (Å²) < 4.78 is 2.40. The molecule has 0 bridgehead atoms. The molecule has 2 heterocycles. The zero-order valence-electron chi connectivity index (χ0n) is 10.9. The third kappa shape index (κ3) is 1.82. The van der Waals surface area contributed by atoms with Crippen LogP contribution in [0.5, 0.6) is 0 Å². The van der Waals surface area contributed by atoms with E-state index in [1.165, 1.54) is 17.0 Å². The number of aliphatic hydroxyl groups is 1. The highest BCUT2D eigenvalue weighted by molar-refractivity contribution is 7.07. The Morgan fingerprint density at radius 1 is 1.50 bits per heavy atom. The van der Waals surface area contributed by atoms with Gasteiger partial charge in [0.2, 0.25) is 0 Å². The van der Waals surface area contributed by atoms with E-state index in [9.17, 15) is 5.11 Å². The van der Waals surface area contributed by atoms with Gasteiger partial charge < -0.3 is 9.67 Å². The van der Waals surface area contributed by atoms with Gasteiger partial charge in [0.15, 0.2) is 0 Å². The molecular weight excluding hydrogens is 242 g/mol. The molecule has 96 valence electrons. The SMILES string of the molecule is Cc1cc2c(n1C(C)c1ccsc1)CCCC2O. The summed E-state index contributed by atoms with van der Waals surface area (Å²) in [5.74, 6) is 0. The smallest absolute Gasteiger partial charge is 0.0807 e. The summed E-state index contributed by atoms with van der Waals surface area (Å²) in [4.78, 5) is 0. The van der Waals surface area contributed by atoms with Gasteiger partial charge in [-0.3, -0.25) is 0 Å². The van der Waals surface area contributed by atoms with Gasteiger partial charge >= 0.3 is 0 Å². The van der Waals surface area contributed by atoms with Crippen LogP contribution in [0, 0.1) is 6.92 Å². The largest absolute Gasteiger partial charge is 0.388 e. The summed E-state index contributed by atoms with van der Waals surface area (Å²) in [7, 11) is 0. The molecule has 0 saturated carbocycles. The monoisotopic (exact) mass is 261 g/mol. The molecule has 1 aliphatic rings. The Balaban J connectivity index is 2.07. The summed E-state index contributed by atoms with van der Waals surface area (Å²) in [5.41, 5.74) is 5.12. The van der Waals surface area contributed by atoms with E-state index in [0.29, 0.717) is 6.04 Å². The number of fused-ring (bicyclic) bond motifs is 1. The molecule has 0 amide bonds. The van der Waals surface area contributed by atoms with Crippen LogP contribution in [0.3, 0.4) is 0 Å². The van der Waals surface area contributed by atoms with E-state index >= 15 is 0 Å². The van der Waals surface area contributed by atoms with Crippen molar-refractivity contribution in [2.75, 3.05) is 0 Å². The Morgan fingerprint density at radius 2 is 2.33 bits per heavy atom. The van der Waals surface area contributed by atoms with Gasteiger partial charge in [-0.2, -0.15) is 11.3 Å². The first kappa shape index (κ1) is 12.0. The molecule has 0 spiro atoms. The minimum atomic E-state index is -0.261. The molecule has 2 unspecified atom stereocenters. The zero-order valence-corrected chi connectivity index (χ0v) is 11.7. The normalized spacial score (nSPS) is 20.7. The topological polar surface area (TPSA) is 25.2 Å². The lowest BCUT2D eigenvalue weighted by Crippen LogP contribution is -2.15. The van der Waals surface area contributed by atoms with E-state index in [1.54, 1.807) is 11.3 Å². The van der Waals surface area contributed by atoms with Crippen molar-refractivity contribution in [2.24, 2.45) is 0 Å². The molecule has 0 aliphatic heterocycles. The van der Waals surface area contributed by atoms with E-state index < -0.39 is 0 Å². The number of aromatic nitrogens is 1. The highest BCUT2D eigenvalue weighted by Gasteiger charge is 2.25. The molecule has 0 aromatic carbocycles. The van der Waals surface area contributed by atoms with Crippen LogP contribution < -0.4 is 0 Å². The second-order valence-electron chi connectivity index (χ2n) is 5.20. The van der Waals surface area contributed by atoms with Gasteiger partial charge in [0.25, 0.3) is 0 Å². The van der Waals surface area contributed by atoms with Crippen LogP contribution in [0.4, 0.5) is 0 Å². The molecule has 3 rings (SSSR count). The van der Waals surface area contributed by atoms with Gasteiger partial charge in [0.05, 0.1) is 12.1 Å². The van der Waals surface area contributed by atoms with Crippen LogP contribution in [0.25, 0.3) is 0 Å². The van der Waals surface area contributed by atoms with Crippen molar-refractivity contribution in [3.63, 3.8) is 0 Å². The number of thiophene rings is 1. The van der Waals surface area contributed by atoms with Crippen molar-refractivity contribution in [3.8, 4) is 0 Å². The Morgan fingerprint density at radius 3 is 3.06 bits per heavy atom. The van der Waals surface area contributed by atoms with Crippen molar-refractivity contribution in [1.29, 1.82) is 0 Å². The van der Waals surface area contributed by atoms with Crippen molar-refractivity contribution in [1.82, 2.24) is 4.57 Å². The van der Waals surface area contributed by atoms with Gasteiger partial charge in [-0.1, -0.05) is 0 Å². The van der Waals surface area contributed by atoms with Gasteiger partial charge in [0.1, 0.15) is 0 Å². The molecule has 2 atom stereocenters. The first-order chi connectivity index (χ1) is 8.68. The zero-order chi connectivity index (χ0) is 12.7. The molecule has 2 aromatic rings. The molecule has 0 fully saturated rings. The Bertz CT molecular complexity index is 541. The summed E-state index contributed by atoms with van der Waals surface area (Å²) >= 11 is 1.75. The number of aryl methyl sites for hydroxylation is 1. The number of aliphatic hydroxyl groups excluding tert-OH is 1. The fourth-order valence-electron chi connectivity index (χ4n) is 3.10. The fraction of sp³-hybridized carbons (Fsp3) is 0.467. The van der Waals surface area contributed by atoms with Crippen molar-refractivity contribution >= 4 is 11.3 Å². The molecule has 0 radical (unpaired) electrons. The highest BCUT2D eigenvalue weighted by Crippen LogP contribution is 2.35. The maximum absolute atomic E-state index is 10.1. The average Bonchev–Trinajstić information content (AvgIpc) is 2.96.